The van der Waals surface area contributed by atoms with Crippen LogP contribution in [0.1, 0.15) is 91.2 Å². The van der Waals surface area contributed by atoms with Crippen molar-refractivity contribution in [1.82, 2.24) is 0 Å². The third-order valence-electron chi connectivity index (χ3n) is 10.6. The molecular formula is C64H73N. The van der Waals surface area contributed by atoms with E-state index < -0.39 is 0 Å². The SMILES string of the molecule is C=CC(/C=C/C=C\C=C/C)=C\C=C(/C)C(=C)/C=C\C(=C/CC)N(/C1=C/C=C(/CC(=C)/C=C\C(=C/C)c2ccccc2)CC=CC1)c1ccc(C(=C)/C=C\C(=C/C)C/C=C\C=C/CC)cc1. The van der Waals surface area contributed by atoms with Crippen molar-refractivity contribution in [2.45, 2.75) is 80.1 Å². The fraction of sp³-hybridized carbons (Fsp3) is 0.188. The lowest BCUT2D eigenvalue weighted by Crippen LogP contribution is -2.21. The molecule has 0 saturated heterocycles. The summed E-state index contributed by atoms with van der Waals surface area (Å²) in [5.74, 6) is 0. The molecule has 0 unspecified atom stereocenters. The summed E-state index contributed by atoms with van der Waals surface area (Å²) in [6.45, 7) is 30.0. The molecule has 1 aliphatic carbocycles. The van der Waals surface area contributed by atoms with Gasteiger partial charge in [-0.3, -0.25) is 0 Å². The summed E-state index contributed by atoms with van der Waals surface area (Å²) in [5.41, 5.74) is 14.4. The zero-order valence-electron chi connectivity index (χ0n) is 40.2. The van der Waals surface area contributed by atoms with Crippen molar-refractivity contribution in [3.05, 3.63) is 295 Å². The highest BCUT2D eigenvalue weighted by Crippen LogP contribution is 2.32. The minimum absolute atomic E-state index is 0.777. The van der Waals surface area contributed by atoms with E-state index in [1.165, 1.54) is 28.0 Å². The first-order valence-electron chi connectivity index (χ1n) is 23.1. The van der Waals surface area contributed by atoms with E-state index >= 15 is 0 Å². The summed E-state index contributed by atoms with van der Waals surface area (Å²) in [6.07, 6.45) is 60.6. The number of allylic oxidation sites excluding steroid dienone is 34. The molecule has 0 aliphatic heterocycles. The highest BCUT2D eigenvalue weighted by Gasteiger charge is 2.16. The fourth-order valence-corrected chi connectivity index (χ4v) is 6.71. The Kier molecular flexibility index (Phi) is 25.0. The number of anilines is 1. The van der Waals surface area contributed by atoms with Gasteiger partial charge in [0, 0.05) is 23.5 Å². The van der Waals surface area contributed by atoms with Crippen LogP contribution in [-0.2, 0) is 0 Å². The molecule has 0 amide bonds. The number of benzene rings is 2. The molecule has 0 aromatic heterocycles. The number of nitrogens with zero attached hydrogens (tertiary/aromatic N) is 1. The summed E-state index contributed by atoms with van der Waals surface area (Å²) < 4.78 is 0. The Morgan fingerprint density at radius 3 is 2.09 bits per heavy atom. The molecule has 0 atom stereocenters. The van der Waals surface area contributed by atoms with E-state index in [4.69, 9.17) is 0 Å². The first-order chi connectivity index (χ1) is 31.7. The Morgan fingerprint density at radius 2 is 1.40 bits per heavy atom. The zero-order chi connectivity index (χ0) is 47.1. The molecule has 0 spiro atoms. The monoisotopic (exact) mass is 856 g/mol. The van der Waals surface area contributed by atoms with Crippen molar-refractivity contribution >= 4 is 16.8 Å². The first kappa shape index (κ1) is 52.4. The van der Waals surface area contributed by atoms with Crippen LogP contribution in [0.2, 0.25) is 0 Å². The minimum atomic E-state index is 0.777. The number of rotatable bonds is 24. The van der Waals surface area contributed by atoms with Gasteiger partial charge in [0.15, 0.2) is 0 Å². The molecule has 65 heavy (non-hydrogen) atoms. The van der Waals surface area contributed by atoms with Gasteiger partial charge in [0.25, 0.3) is 0 Å². The quantitative estimate of drug-likeness (QED) is 0.0751. The van der Waals surface area contributed by atoms with E-state index in [1.807, 2.05) is 55.5 Å². The predicted molar refractivity (Wildman–Crippen MR) is 293 cm³/mol. The van der Waals surface area contributed by atoms with E-state index in [2.05, 4.69) is 230 Å². The van der Waals surface area contributed by atoms with Gasteiger partial charge in [-0.15, -0.1) is 0 Å². The second kappa shape index (κ2) is 31.0. The standard InChI is InChI=1S/C64H73N/c1-11-17-19-21-24-31-56(14-4)41-38-53(8)54(9)40-47-62(30-13-3)65(64-49-45-60(46-50-64)55(10)39-42-57(15-5)32-25-22-20-18-12-2)63-36-29-28-33-58(43-48-63)51-52(7)37-44-59(16-6)61-34-26-23-27-35-61/h11,14-31,34-35,37-50H,4,7,9-10,12-13,32-33,36,51H2,1-3,5-6,8H3/b17-11-,20-18-,21-19-,25-22-,29-28?,31-24+,42-39-,44-37-,47-40-,53-38+,56-41+,57-15-,58-43+,59-16+,62-30+,63-48+. The Hall–Kier alpha value is -6.96. The van der Waals surface area contributed by atoms with Crippen molar-refractivity contribution in [2.75, 3.05) is 4.90 Å². The van der Waals surface area contributed by atoms with Crippen LogP contribution < -0.4 is 4.90 Å². The maximum Gasteiger partial charge on any atom is 0.0458 e. The average Bonchev–Trinajstić information content (AvgIpc) is 3.32. The van der Waals surface area contributed by atoms with E-state index in [-0.39, 0.29) is 0 Å². The minimum Gasteiger partial charge on any atom is -0.314 e. The molecule has 1 nitrogen and oxygen atoms in total. The van der Waals surface area contributed by atoms with Gasteiger partial charge in [-0.1, -0.05) is 240 Å². The number of hydrogen-bond acceptors (Lipinski definition) is 1. The van der Waals surface area contributed by atoms with Crippen LogP contribution in [0.25, 0.3) is 11.1 Å². The summed E-state index contributed by atoms with van der Waals surface area (Å²) in [6, 6.07) is 19.3. The topological polar surface area (TPSA) is 3.24 Å². The number of hydrogen-bond donors (Lipinski definition) is 0. The van der Waals surface area contributed by atoms with Crippen LogP contribution in [-0.4, -0.2) is 0 Å². The lowest BCUT2D eigenvalue weighted by Gasteiger charge is -2.29. The van der Waals surface area contributed by atoms with Gasteiger partial charge >= 0.3 is 0 Å². The van der Waals surface area contributed by atoms with Gasteiger partial charge in [0.05, 0.1) is 0 Å². The molecule has 0 fully saturated rings. The van der Waals surface area contributed by atoms with Crippen molar-refractivity contribution in [1.29, 1.82) is 0 Å². The zero-order valence-corrected chi connectivity index (χ0v) is 40.2. The second-order valence-electron chi connectivity index (χ2n) is 15.6. The van der Waals surface area contributed by atoms with E-state index in [9.17, 15) is 0 Å². The molecule has 0 heterocycles. The maximum atomic E-state index is 4.47. The van der Waals surface area contributed by atoms with Crippen LogP contribution >= 0.6 is 0 Å². The highest BCUT2D eigenvalue weighted by molar-refractivity contribution is 5.75. The van der Waals surface area contributed by atoms with E-state index in [0.29, 0.717) is 0 Å². The lowest BCUT2D eigenvalue weighted by atomic mass is 9.98. The Bertz CT molecular complexity index is 2400. The molecule has 0 saturated carbocycles. The van der Waals surface area contributed by atoms with Gasteiger partial charge in [-0.05, 0) is 129 Å². The normalized spacial score (nSPS) is 16.7. The molecule has 0 bridgehead atoms. The Labute approximate surface area is 394 Å². The van der Waals surface area contributed by atoms with Crippen LogP contribution in [0.3, 0.4) is 0 Å². The molecule has 2 aromatic rings. The van der Waals surface area contributed by atoms with E-state index in [1.54, 1.807) is 0 Å². The molecule has 334 valence electrons. The molecule has 3 rings (SSSR count). The van der Waals surface area contributed by atoms with Crippen LogP contribution in [0, 0.1) is 0 Å². The van der Waals surface area contributed by atoms with Gasteiger partial charge in [-0.2, -0.15) is 0 Å². The van der Waals surface area contributed by atoms with Crippen molar-refractivity contribution in [2.24, 2.45) is 0 Å². The molecule has 0 radical (unpaired) electrons. The van der Waals surface area contributed by atoms with Crippen molar-refractivity contribution < 1.29 is 0 Å². The third kappa shape index (κ3) is 19.5. The lowest BCUT2D eigenvalue weighted by molar-refractivity contribution is 0.995. The first-order valence-corrected chi connectivity index (χ1v) is 23.1. The van der Waals surface area contributed by atoms with Gasteiger partial charge in [-0.25, -0.2) is 0 Å². The molecule has 0 N–H and O–H groups in total. The maximum absolute atomic E-state index is 4.47. The van der Waals surface area contributed by atoms with Gasteiger partial charge in [0.2, 0.25) is 0 Å². The second-order valence-corrected chi connectivity index (χ2v) is 15.6. The van der Waals surface area contributed by atoms with Gasteiger partial charge in [0.1, 0.15) is 0 Å². The summed E-state index contributed by atoms with van der Waals surface area (Å²) in [4.78, 5) is 2.38. The van der Waals surface area contributed by atoms with Crippen molar-refractivity contribution in [3.63, 3.8) is 0 Å². The Morgan fingerprint density at radius 1 is 0.662 bits per heavy atom. The Balaban J connectivity index is 2.02. The van der Waals surface area contributed by atoms with Gasteiger partial charge < -0.3 is 4.90 Å². The van der Waals surface area contributed by atoms with Crippen molar-refractivity contribution in [3.8, 4) is 0 Å². The smallest absolute Gasteiger partial charge is 0.0458 e. The third-order valence-corrected chi connectivity index (χ3v) is 10.6. The van der Waals surface area contributed by atoms with Crippen LogP contribution in [0.4, 0.5) is 5.69 Å². The highest BCUT2D eigenvalue weighted by atomic mass is 15.2. The summed E-state index contributed by atoms with van der Waals surface area (Å²) in [7, 11) is 0. The molecule has 1 aliphatic rings. The molecular weight excluding hydrogens is 783 g/mol. The largest absolute Gasteiger partial charge is 0.314 e. The predicted octanol–water partition coefficient (Wildman–Crippen LogP) is 18.8. The fourth-order valence-electron chi connectivity index (χ4n) is 6.71. The summed E-state index contributed by atoms with van der Waals surface area (Å²) >= 11 is 0. The molecule has 2 aromatic carbocycles. The van der Waals surface area contributed by atoms with E-state index in [0.717, 1.165) is 83.3 Å². The molecule has 1 heteroatoms. The average molecular weight is 856 g/mol. The van der Waals surface area contributed by atoms with Crippen LogP contribution in [0.15, 0.2) is 284 Å². The van der Waals surface area contributed by atoms with Crippen LogP contribution in [0.5, 0.6) is 0 Å². The summed E-state index contributed by atoms with van der Waals surface area (Å²) in [5, 5.41) is 0.